The summed E-state index contributed by atoms with van der Waals surface area (Å²) in [6, 6.07) is 10.1. The maximum atomic E-state index is 7.82. The molecule has 0 saturated heterocycles. The summed E-state index contributed by atoms with van der Waals surface area (Å²) in [5.74, 6) is 0. The van der Waals surface area contributed by atoms with E-state index in [4.69, 9.17) is 31.1 Å². The zero-order valence-corrected chi connectivity index (χ0v) is 21.1. The molecule has 0 aliphatic carbocycles. The smallest absolute Gasteiger partial charge is 0.281 e. The Labute approximate surface area is 188 Å². The summed E-state index contributed by atoms with van der Waals surface area (Å²) < 4.78 is 0. The zero-order valence-electron chi connectivity index (χ0n) is 18.1. The number of unbranched alkanes of at least 4 members (excludes halogenated alkanes) is 5. The van der Waals surface area contributed by atoms with Gasteiger partial charge in [-0.25, -0.2) is 0 Å². The standard InChI is InChI=1S/5C4H7N.CO.W/c5*1-2-3-4-5;1-2;/h5*2-3H2,1H3;;. The van der Waals surface area contributed by atoms with Crippen LogP contribution in [0.15, 0.2) is 0 Å². The van der Waals surface area contributed by atoms with Gasteiger partial charge in [-0.2, -0.15) is 26.3 Å². The van der Waals surface area contributed by atoms with Gasteiger partial charge in [-0.15, -0.1) is 0 Å². The summed E-state index contributed by atoms with van der Waals surface area (Å²) in [7, 11) is 0. The quantitative estimate of drug-likeness (QED) is 0.398. The molecule has 0 aliphatic rings. The molecule has 0 aromatic heterocycles. The van der Waals surface area contributed by atoms with Gasteiger partial charge in [0, 0.05) is 53.2 Å². The van der Waals surface area contributed by atoms with Crippen molar-refractivity contribution in [3.05, 3.63) is 0 Å². The van der Waals surface area contributed by atoms with E-state index in [9.17, 15) is 0 Å². The van der Waals surface area contributed by atoms with E-state index in [0.717, 1.165) is 32.1 Å². The van der Waals surface area contributed by atoms with Gasteiger partial charge in [0.1, 0.15) is 0 Å². The van der Waals surface area contributed by atoms with E-state index in [0.29, 0.717) is 32.1 Å². The molecular weight excluding hydrogens is 522 g/mol. The van der Waals surface area contributed by atoms with Gasteiger partial charge < -0.3 is 0 Å². The predicted octanol–water partition coefficient (Wildman–Crippen LogP) is 6.15. The fourth-order valence-electron chi connectivity index (χ4n) is 0.559. The van der Waals surface area contributed by atoms with Crippen molar-refractivity contribution in [1.29, 1.82) is 26.3 Å². The maximum Gasteiger partial charge on any atom is 0.281 e. The third kappa shape index (κ3) is 203. The van der Waals surface area contributed by atoms with Crippen molar-refractivity contribution in [1.82, 2.24) is 0 Å². The maximum absolute atomic E-state index is 7.82. The first-order valence-electron chi connectivity index (χ1n) is 9.13. The monoisotopic (exact) mass is 557 g/mol. The average Bonchev–Trinajstić information content (AvgIpc) is 2.69. The molecule has 0 aliphatic heterocycles. The number of nitrogens with zero attached hydrogens (tertiary/aromatic N) is 5. The van der Waals surface area contributed by atoms with Gasteiger partial charge in [-0.1, -0.05) is 34.6 Å². The number of hydrogen-bond acceptors (Lipinski definition) is 6. The predicted molar refractivity (Wildman–Crippen MR) is 108 cm³/mol. The van der Waals surface area contributed by atoms with Crippen molar-refractivity contribution in [3.8, 4) is 30.3 Å². The summed E-state index contributed by atoms with van der Waals surface area (Å²) in [4.78, 5) is 7.50. The molecule has 2 radical (unpaired) electrons. The van der Waals surface area contributed by atoms with Gasteiger partial charge in [-0.3, -0.25) is 4.79 Å². The second kappa shape index (κ2) is 85.7. The summed E-state index contributed by atoms with van der Waals surface area (Å²) in [5, 5.41) is 39.1. The van der Waals surface area contributed by atoms with Crippen molar-refractivity contribution in [3.63, 3.8) is 0 Å². The Morgan fingerprint density at radius 3 is 0.571 bits per heavy atom. The molecule has 156 valence electrons. The number of carbonyl (C=O) groups excluding carboxylic acids is 1. The van der Waals surface area contributed by atoms with Crippen LogP contribution in [-0.2, 0) is 25.9 Å². The second-order valence-corrected chi connectivity index (χ2v) is 4.54. The molecule has 0 unspecified atom stereocenters. The van der Waals surface area contributed by atoms with Crippen molar-refractivity contribution >= 4 is 6.79 Å². The van der Waals surface area contributed by atoms with Crippen molar-refractivity contribution < 1.29 is 25.9 Å². The van der Waals surface area contributed by atoms with Crippen LogP contribution in [0.3, 0.4) is 0 Å². The summed E-state index contributed by atoms with van der Waals surface area (Å²) in [6.45, 7) is 14.4. The first-order chi connectivity index (χ1) is 13.1. The Morgan fingerprint density at radius 2 is 0.571 bits per heavy atom. The Morgan fingerprint density at radius 1 is 0.464 bits per heavy atom. The molecule has 28 heavy (non-hydrogen) atoms. The molecule has 6 nitrogen and oxygen atoms in total. The molecule has 0 bridgehead atoms. The third-order valence-corrected chi connectivity index (χ3v) is 1.81. The van der Waals surface area contributed by atoms with Gasteiger partial charge >= 0.3 is 0 Å². The van der Waals surface area contributed by atoms with E-state index in [2.05, 4.69) is 6.79 Å². The fraction of sp³-hybridized carbons (Fsp3) is 0.714. The van der Waals surface area contributed by atoms with Crippen molar-refractivity contribution in [2.24, 2.45) is 0 Å². The summed E-state index contributed by atoms with van der Waals surface area (Å²) in [6.07, 6.45) is 8.39. The van der Waals surface area contributed by atoms with Gasteiger partial charge in [0.2, 0.25) is 0 Å². The number of nitriles is 5. The molecule has 0 heterocycles. The topological polar surface area (TPSA) is 136 Å². The molecule has 0 fully saturated rings. The minimum atomic E-state index is 0. The molecule has 0 amide bonds. The molecule has 7 heteroatoms. The van der Waals surface area contributed by atoms with Crippen LogP contribution < -0.4 is 0 Å². The van der Waals surface area contributed by atoms with Crippen LogP contribution in [0.25, 0.3) is 0 Å². The first-order valence-corrected chi connectivity index (χ1v) is 9.13. The molecule has 0 rings (SSSR count). The van der Waals surface area contributed by atoms with Crippen LogP contribution in [0, 0.1) is 56.7 Å². The van der Waals surface area contributed by atoms with E-state index in [1.165, 1.54) is 0 Å². The van der Waals surface area contributed by atoms with E-state index < -0.39 is 0 Å². The van der Waals surface area contributed by atoms with Gasteiger partial charge in [0.05, 0.1) is 30.3 Å². The molecule has 0 N–H and O–H groups in total. The molecular formula is C21H35N5OW. The largest absolute Gasteiger partial charge is 0.281 e. The Kier molecular flexibility index (Phi) is 137. The summed E-state index contributed by atoms with van der Waals surface area (Å²) in [5.41, 5.74) is 0. The average molecular weight is 557 g/mol. The number of hydrogen-bond donors (Lipinski definition) is 0. The Balaban J connectivity index is -0.0000000381. The zero-order chi connectivity index (χ0) is 22.6. The van der Waals surface area contributed by atoms with E-state index in [-0.39, 0.29) is 21.1 Å². The molecule has 0 aromatic carbocycles. The van der Waals surface area contributed by atoms with Crippen LogP contribution in [0.5, 0.6) is 0 Å². The SMILES string of the molecule is CCCC#N.CCCC#N.CCCC#N.CCCC#N.CCCC#N.[C]=O.[W]. The van der Waals surface area contributed by atoms with E-state index in [1.807, 2.05) is 65.0 Å². The van der Waals surface area contributed by atoms with Crippen LogP contribution in [0.1, 0.15) is 98.8 Å². The van der Waals surface area contributed by atoms with Crippen molar-refractivity contribution in [2.75, 3.05) is 0 Å². The van der Waals surface area contributed by atoms with Crippen LogP contribution in [0.2, 0.25) is 0 Å². The normalized spacial score (nSPS) is 5.86. The summed E-state index contributed by atoms with van der Waals surface area (Å²) >= 11 is 0. The van der Waals surface area contributed by atoms with Crippen LogP contribution in [0.4, 0.5) is 0 Å². The van der Waals surface area contributed by atoms with E-state index >= 15 is 0 Å². The molecule has 0 atom stereocenters. The van der Waals surface area contributed by atoms with Gasteiger partial charge in [0.15, 0.2) is 0 Å². The van der Waals surface area contributed by atoms with E-state index in [1.54, 1.807) is 0 Å². The molecule has 0 aromatic rings. The molecule has 0 spiro atoms. The minimum absolute atomic E-state index is 0. The second-order valence-electron chi connectivity index (χ2n) is 4.54. The Hall–Kier alpha value is -2.19. The first kappa shape index (κ1) is 44.9. The number of rotatable bonds is 5. The minimum Gasteiger partial charge on any atom is -0.281 e. The third-order valence-electron chi connectivity index (χ3n) is 1.81. The van der Waals surface area contributed by atoms with Gasteiger partial charge in [-0.05, 0) is 32.1 Å². The van der Waals surface area contributed by atoms with Crippen LogP contribution in [-0.4, -0.2) is 6.79 Å². The van der Waals surface area contributed by atoms with Crippen LogP contribution >= 0.6 is 0 Å². The Bertz CT molecular complexity index is 330. The van der Waals surface area contributed by atoms with Gasteiger partial charge in [0.25, 0.3) is 6.79 Å². The van der Waals surface area contributed by atoms with Crippen molar-refractivity contribution in [2.45, 2.75) is 98.8 Å². The fourth-order valence-corrected chi connectivity index (χ4v) is 0.559. The molecule has 0 saturated carbocycles.